The van der Waals surface area contributed by atoms with Crippen molar-refractivity contribution in [2.24, 2.45) is 0 Å². The maximum atomic E-state index is 13.7. The van der Waals surface area contributed by atoms with Gasteiger partial charge in [0.2, 0.25) is 23.6 Å². The van der Waals surface area contributed by atoms with E-state index in [-0.39, 0.29) is 0 Å². The summed E-state index contributed by atoms with van der Waals surface area (Å²) in [5.74, 6) is -4.06. The van der Waals surface area contributed by atoms with Crippen LogP contribution >= 0.6 is 0 Å². The number of carbonyl (C=O) groups excluding carboxylic acids is 4. The molecule has 11 aliphatic heterocycles. The van der Waals surface area contributed by atoms with Crippen LogP contribution in [0.15, 0.2) is 0 Å². The fraction of sp³-hybridized carbons (Fsp3) is 0.951. The number of aliphatic hydroxyl groups is 30. The molecular formula is C82H140N4O59. The van der Waals surface area contributed by atoms with Gasteiger partial charge in [-0.2, -0.15) is 0 Å². The van der Waals surface area contributed by atoms with E-state index in [0.29, 0.717) is 0 Å². The molecule has 0 aromatic carbocycles. The van der Waals surface area contributed by atoms with Crippen molar-refractivity contribution in [3.63, 3.8) is 0 Å². The lowest BCUT2D eigenvalue weighted by Gasteiger charge is -2.52. The normalized spacial score (nSPS) is 47.3. The fourth-order valence-corrected chi connectivity index (χ4v) is 18.6. The average molecular weight is 2130 g/mol. The largest absolute Gasteiger partial charge is 0.394 e. The molecule has 58 atom stereocenters. The molecule has 0 bridgehead atoms. The average Bonchev–Trinajstić information content (AvgIpc) is 0.757. The molecule has 11 heterocycles. The number of ether oxygens (including phenoxy) is 25. The minimum absolute atomic E-state index is 0.820. The Morgan fingerprint density at radius 1 is 0.297 bits per heavy atom. The highest BCUT2D eigenvalue weighted by Gasteiger charge is 2.63. The molecule has 0 radical (unpaired) electrons. The molecule has 11 saturated heterocycles. The zero-order valence-electron chi connectivity index (χ0n) is 79.2. The Labute approximate surface area is 824 Å². The van der Waals surface area contributed by atoms with E-state index in [9.17, 15) is 172 Å². The van der Waals surface area contributed by atoms with Gasteiger partial charge in [-0.3, -0.25) is 19.2 Å². The van der Waals surface area contributed by atoms with Gasteiger partial charge in [-0.25, -0.2) is 0 Å². The number of amides is 4. The van der Waals surface area contributed by atoms with Crippen molar-refractivity contribution in [2.45, 2.75) is 390 Å². The van der Waals surface area contributed by atoms with Gasteiger partial charge in [0.25, 0.3) is 0 Å². The Morgan fingerprint density at radius 3 is 1.11 bits per heavy atom. The van der Waals surface area contributed by atoms with Crippen LogP contribution in [-0.4, -0.2) is 633 Å². The third kappa shape index (κ3) is 27.8. The third-order valence-corrected chi connectivity index (χ3v) is 26.6. The highest BCUT2D eigenvalue weighted by Crippen LogP contribution is 2.42. The number of rotatable bonds is 43. The van der Waals surface area contributed by atoms with Crippen LogP contribution in [-0.2, 0) is 138 Å². The van der Waals surface area contributed by atoms with Crippen molar-refractivity contribution < 1.29 is 291 Å². The Kier molecular flexibility index (Phi) is 45.2. The van der Waals surface area contributed by atoms with Gasteiger partial charge in [-0.15, -0.1) is 0 Å². The second-order valence-corrected chi connectivity index (χ2v) is 36.6. The molecule has 0 unspecified atom stereocenters. The van der Waals surface area contributed by atoms with Gasteiger partial charge in [-0.05, 0) is 6.92 Å². The second-order valence-electron chi connectivity index (χ2n) is 36.6. The Balaban J connectivity index is 0.948. The first kappa shape index (κ1) is 121. The summed E-state index contributed by atoms with van der Waals surface area (Å²) in [6.45, 7) is -8.04. The minimum Gasteiger partial charge on any atom is -0.394 e. The topological polar surface area (TPSA) is 954 Å². The van der Waals surface area contributed by atoms with Crippen molar-refractivity contribution in [1.29, 1.82) is 0 Å². The van der Waals surface area contributed by atoms with Crippen LogP contribution in [0.25, 0.3) is 0 Å². The van der Waals surface area contributed by atoms with Gasteiger partial charge in [0.1, 0.15) is 274 Å². The molecule has 0 aliphatic carbocycles. The number of carbonyl (C=O) groups is 4. The summed E-state index contributed by atoms with van der Waals surface area (Å²) in [6.07, 6.45) is -113. The van der Waals surface area contributed by atoms with E-state index in [4.69, 9.17) is 118 Å². The number of hydrogen-bond donors (Lipinski definition) is 34. The molecule has 63 nitrogen and oxygen atoms in total. The lowest BCUT2D eigenvalue weighted by atomic mass is 9.93. The molecule has 145 heavy (non-hydrogen) atoms. The van der Waals surface area contributed by atoms with Crippen LogP contribution in [0.3, 0.4) is 0 Å². The summed E-state index contributed by atoms with van der Waals surface area (Å²) in [4.78, 5) is 53.3. The fourth-order valence-electron chi connectivity index (χ4n) is 18.6. The molecular weight excluding hydrogens is 1980 g/mol. The van der Waals surface area contributed by atoms with Gasteiger partial charge in [0.15, 0.2) is 69.2 Å². The standard InChI is InChI=1S/C82H140N4O59/c1-21-41(100)53(112)57(116)75(129-21)125-17-28(99)62(42(101)26(9-87)83-22(2)94)139-72-38(84-23(3)95)52(111)64(34(15-93)134-72)141-82-71(145-77-56(115)43(102)27(98)16-124-77)69(50(109)37(138-82)20-126-76-58(117)54(113)44(103)29(10-88)130-76)143-81-70(55(114)45(104)30(11-89)133-81)144-73-39(85-24(4)96)51(110)63(33(14-92)135-73)140-74-40(86-25(5)97)65(48(107)35(136-74)18-127-78-59(118)66(121-6)46(105)31(12-90)131-78)142-80-61(120)68(123-8)49(108)36(137-80)19-128-79-60(119)67(122-7)47(106)32(13-91)132-79/h21,26-82,87-93,98-120H,9-20H2,1-8H3,(H,83,94)(H,84,95)(H,85,96)(H,86,97)/t21-,26-,27+,28+,29+,30+,31+,32+,33+,34+,35+,36+,37+,38+,39+,40+,41+,42+,43-,44+,45+,46-,47-,48-,49-,50+,51+,52+,53+,54-,55-,56+,57-,58-,59+,60+,61+,62+,63+,64+,65+,66-,67-,68-,69-,70-,71-,72-,73-,74-,75+,76-,77-,78+,79+,80-,81+,82-/m0/s1. The first-order chi connectivity index (χ1) is 68.7. The number of aliphatic hydroxyl groups excluding tert-OH is 30. The van der Waals surface area contributed by atoms with E-state index in [0.717, 1.165) is 49.0 Å². The van der Waals surface area contributed by atoms with Crippen molar-refractivity contribution in [1.82, 2.24) is 21.3 Å². The van der Waals surface area contributed by atoms with E-state index >= 15 is 0 Å². The summed E-state index contributed by atoms with van der Waals surface area (Å²) >= 11 is 0. The summed E-state index contributed by atoms with van der Waals surface area (Å²) in [5.41, 5.74) is 0. The summed E-state index contributed by atoms with van der Waals surface area (Å²) in [6, 6.07) is -8.19. The highest BCUT2D eigenvalue weighted by molar-refractivity contribution is 5.74. The van der Waals surface area contributed by atoms with Crippen molar-refractivity contribution in [3.05, 3.63) is 0 Å². The lowest BCUT2D eigenvalue weighted by Crippen LogP contribution is -2.72. The van der Waals surface area contributed by atoms with Gasteiger partial charge in [0, 0.05) is 49.0 Å². The number of methoxy groups -OCH3 is 3. The number of nitrogens with one attached hydrogen (secondary N) is 4. The first-order valence-corrected chi connectivity index (χ1v) is 46.5. The molecule has 63 heteroatoms. The van der Waals surface area contributed by atoms with Crippen LogP contribution in [0.2, 0.25) is 0 Å². The maximum Gasteiger partial charge on any atom is 0.217 e. The van der Waals surface area contributed by atoms with Crippen molar-refractivity contribution in [2.75, 3.05) is 101 Å². The maximum absolute atomic E-state index is 13.7. The van der Waals surface area contributed by atoms with Crippen molar-refractivity contribution >= 4 is 23.6 Å². The summed E-state index contributed by atoms with van der Waals surface area (Å²) in [5, 5.41) is 350. The molecule has 34 N–H and O–H groups in total. The van der Waals surface area contributed by atoms with Crippen LogP contribution in [0.1, 0.15) is 34.6 Å². The Morgan fingerprint density at radius 2 is 0.634 bits per heavy atom. The quantitative estimate of drug-likeness (QED) is 0.0270. The second kappa shape index (κ2) is 54.2. The summed E-state index contributed by atoms with van der Waals surface area (Å²) < 4.78 is 150. The van der Waals surface area contributed by atoms with Crippen LogP contribution in [0.5, 0.6) is 0 Å². The zero-order valence-corrected chi connectivity index (χ0v) is 79.2. The van der Waals surface area contributed by atoms with Crippen LogP contribution in [0, 0.1) is 0 Å². The van der Waals surface area contributed by atoms with Gasteiger partial charge in [0.05, 0.1) is 91.4 Å². The molecule has 11 aliphatic rings. The monoisotopic (exact) mass is 2120 g/mol. The van der Waals surface area contributed by atoms with Gasteiger partial charge in [-0.1, -0.05) is 0 Å². The lowest BCUT2D eigenvalue weighted by molar-refractivity contribution is -0.411. The molecule has 11 rings (SSSR count). The van der Waals surface area contributed by atoms with Gasteiger partial charge < -0.3 is 293 Å². The van der Waals surface area contributed by atoms with E-state index < -0.39 is 459 Å². The molecule has 0 saturated carbocycles. The first-order valence-electron chi connectivity index (χ1n) is 46.5. The molecule has 4 amide bonds. The smallest absolute Gasteiger partial charge is 0.217 e. The Hall–Kier alpha value is -4.32. The van der Waals surface area contributed by atoms with Crippen molar-refractivity contribution in [3.8, 4) is 0 Å². The SMILES string of the molecule is CO[C@H]1[C@@H](O)[C@@H](CO)O[C@@H](OC[C@H]2O[C@@H](O[C@H]3[C@@H](O)[C@@H](CO[C@@H]4O[C@H](CO)[C@H](O)[C@H](OC)[C@H]4O)O[C@@H](O[C@H]4[C@H](O)[C@@H](NC(C)=O)[C@H](O[C@@H]5[C@@H](O[C@H]6[C@H](O)[C@@H](CO[C@H]7O[C@H](CO)[C@@H](O)[C@H](O)[C@@H]7O)O[C@@H](O[C@H]7[C@H](O)[C@@H](NC(C)=O)[C@H](O[C@@H]([C@H](O)[C@H](CO)NC(C)=O)[C@H](O)CO[C@@H]8O[C@@H](C)[C@@H](O)[C@@H](O)[C@@H]8O)O[C@@H]7CO)[C@H]6O[C@@H]6OC[C@@H](O)[C@H](O)[C@H]6O)O[C@H](CO)[C@@H](O)[C@@H]5O)O[C@@H]4CO)[C@@H]3NC(C)=O)[C@H](O)[C@@H](OC)[C@H]2O)[C@@H]1O. The van der Waals surface area contributed by atoms with Crippen LogP contribution < -0.4 is 21.3 Å². The minimum atomic E-state index is -2.61. The van der Waals surface area contributed by atoms with Crippen LogP contribution in [0.4, 0.5) is 0 Å². The highest BCUT2D eigenvalue weighted by atomic mass is 16.8. The molecule has 842 valence electrons. The number of hydrogen-bond acceptors (Lipinski definition) is 59. The van der Waals surface area contributed by atoms with Gasteiger partial charge >= 0.3 is 0 Å². The molecule has 0 spiro atoms. The predicted octanol–water partition coefficient (Wildman–Crippen LogP) is -23.3. The van der Waals surface area contributed by atoms with E-state index in [1.165, 1.54) is 6.92 Å². The summed E-state index contributed by atoms with van der Waals surface area (Å²) in [7, 11) is 3.24. The molecule has 11 fully saturated rings. The van der Waals surface area contributed by atoms with E-state index in [2.05, 4.69) is 21.3 Å². The molecule has 0 aromatic heterocycles. The predicted molar refractivity (Wildman–Crippen MR) is 451 cm³/mol. The molecule has 0 aromatic rings. The van der Waals surface area contributed by atoms with E-state index in [1.807, 2.05) is 0 Å². The Bertz CT molecular complexity index is 3920. The van der Waals surface area contributed by atoms with E-state index in [1.54, 1.807) is 0 Å². The third-order valence-electron chi connectivity index (χ3n) is 26.6. The zero-order chi connectivity index (χ0) is 107.